The molecule has 1 aliphatic rings. The zero-order chi connectivity index (χ0) is 37.6. The molecular weight excluding hydrogens is 641 g/mol. The molecule has 0 aromatic rings. The third kappa shape index (κ3) is 12.8. The third-order valence-corrected chi connectivity index (χ3v) is 25.4. The van der Waals surface area contributed by atoms with E-state index in [1.165, 1.54) is 31.3 Å². The Morgan fingerprint density at radius 2 is 1.27 bits per heavy atom. The quantitative estimate of drug-likeness (QED) is 0.0852. The van der Waals surface area contributed by atoms with E-state index in [1.807, 2.05) is 0 Å². The highest BCUT2D eigenvalue weighted by atomic mass is 28.4. The van der Waals surface area contributed by atoms with E-state index in [0.717, 1.165) is 19.3 Å². The Kier molecular flexibility index (Phi) is 15.8. The molecule has 2 atom stereocenters. The summed E-state index contributed by atoms with van der Waals surface area (Å²) in [5.74, 6) is -0.755. The van der Waals surface area contributed by atoms with Gasteiger partial charge < -0.3 is 13.3 Å². The first-order chi connectivity index (χ1) is 21.4. The molecule has 0 bridgehead atoms. The molecule has 0 spiro atoms. The van der Waals surface area contributed by atoms with E-state index in [-0.39, 0.29) is 21.1 Å². The summed E-state index contributed by atoms with van der Waals surface area (Å²) in [4.78, 5) is 14.7. The van der Waals surface area contributed by atoms with Crippen LogP contribution in [0.5, 0.6) is 0 Å². The van der Waals surface area contributed by atoms with Crippen LogP contribution >= 0.6 is 0 Å². The highest BCUT2D eigenvalue weighted by Crippen LogP contribution is 2.47. The monoisotopic (exact) mass is 721 g/mol. The van der Waals surface area contributed by atoms with E-state index in [1.54, 1.807) is 0 Å². The van der Waals surface area contributed by atoms with E-state index >= 15 is 0 Å². The summed E-state index contributed by atoms with van der Waals surface area (Å²) in [5.41, 5.74) is 1.73. The van der Waals surface area contributed by atoms with Crippen molar-refractivity contribution < 1.29 is 18.1 Å². The molecule has 0 saturated heterocycles. The van der Waals surface area contributed by atoms with E-state index < -0.39 is 30.7 Å². The van der Waals surface area contributed by atoms with Gasteiger partial charge in [0.25, 0.3) is 8.32 Å². The molecule has 1 rings (SSSR count). The highest BCUT2D eigenvalue weighted by molar-refractivity contribution is 6.77. The lowest BCUT2D eigenvalue weighted by Crippen LogP contribution is -2.62. The maximum absolute atomic E-state index is 14.7. The maximum atomic E-state index is 14.7. The summed E-state index contributed by atoms with van der Waals surface area (Å²) in [6, 6.07) is 0. The fourth-order valence-electron chi connectivity index (χ4n) is 5.47. The highest BCUT2D eigenvalue weighted by Gasteiger charge is 2.56. The van der Waals surface area contributed by atoms with Crippen molar-refractivity contribution in [2.75, 3.05) is 0 Å². The lowest BCUT2D eigenvalue weighted by molar-refractivity contribution is -0.192. The average molecular weight is 721 g/mol. The van der Waals surface area contributed by atoms with Crippen molar-refractivity contribution in [2.24, 2.45) is 17.3 Å². The third-order valence-electron chi connectivity index (χ3n) is 12.2. The molecule has 7 heteroatoms. The molecule has 1 aliphatic carbocycles. The van der Waals surface area contributed by atoms with Crippen LogP contribution in [0, 0.1) is 17.3 Å². The van der Waals surface area contributed by atoms with E-state index in [0.29, 0.717) is 30.1 Å². The minimum Gasteiger partial charge on any atom is -0.515 e. The van der Waals surface area contributed by atoms with Crippen LogP contribution in [0.25, 0.3) is 0 Å². The number of hydrogen-bond acceptors (Lipinski definition) is 4. The van der Waals surface area contributed by atoms with Crippen LogP contribution in [0.4, 0.5) is 0 Å². The van der Waals surface area contributed by atoms with Crippen LogP contribution in [-0.2, 0) is 18.1 Å². The molecule has 1 fully saturated rings. The van der Waals surface area contributed by atoms with Crippen LogP contribution in [-0.4, -0.2) is 36.7 Å². The Balaban J connectivity index is 3.40. The Morgan fingerprint density at radius 1 is 0.771 bits per heavy atom. The molecule has 4 nitrogen and oxygen atoms in total. The molecule has 48 heavy (non-hydrogen) atoms. The van der Waals surface area contributed by atoms with Crippen molar-refractivity contribution in [1.82, 2.24) is 0 Å². The van der Waals surface area contributed by atoms with Crippen LogP contribution in [0.3, 0.4) is 0 Å². The summed E-state index contributed by atoms with van der Waals surface area (Å²) in [6.07, 6.45) is 18.8. The lowest BCUT2D eigenvalue weighted by Gasteiger charge is -2.50. The van der Waals surface area contributed by atoms with Crippen molar-refractivity contribution in [3.05, 3.63) is 36.5 Å². The fourth-order valence-corrected chi connectivity index (χ4v) is 9.19. The van der Waals surface area contributed by atoms with Crippen molar-refractivity contribution in [2.45, 2.75) is 201 Å². The normalized spacial score (nSPS) is 19.6. The molecule has 1 saturated carbocycles. The molecule has 0 aromatic heterocycles. The summed E-state index contributed by atoms with van der Waals surface area (Å²) in [5, 5.41) is -0.320. The maximum Gasteiger partial charge on any atom is 0.351 e. The number of carbonyl (C=O) groups excluding carboxylic acids is 1. The molecule has 0 aliphatic heterocycles. The minimum atomic E-state index is -2.46. The minimum absolute atomic E-state index is 0.0985. The van der Waals surface area contributed by atoms with Gasteiger partial charge in [-0.15, -0.1) is 0 Å². The number of carbonyl (C=O) groups is 1. The number of unbranched alkanes of at least 4 members (excludes halogenated alkanes) is 1. The van der Waals surface area contributed by atoms with E-state index in [9.17, 15) is 4.79 Å². The Bertz CT molecular complexity index is 1080. The largest absolute Gasteiger partial charge is 0.515 e. The van der Waals surface area contributed by atoms with Crippen molar-refractivity contribution in [3.63, 3.8) is 0 Å². The summed E-state index contributed by atoms with van der Waals surface area (Å²) in [6.45, 7) is 44.5. The predicted molar refractivity (Wildman–Crippen MR) is 218 cm³/mol. The van der Waals surface area contributed by atoms with Crippen molar-refractivity contribution >= 4 is 30.9 Å². The van der Waals surface area contributed by atoms with Crippen molar-refractivity contribution in [3.8, 4) is 0 Å². The van der Waals surface area contributed by atoms with Crippen LogP contribution in [0.15, 0.2) is 36.5 Å². The van der Waals surface area contributed by atoms with Gasteiger partial charge in [0.2, 0.25) is 5.79 Å². The van der Waals surface area contributed by atoms with Crippen LogP contribution in [0.2, 0.25) is 54.4 Å². The lowest BCUT2D eigenvalue weighted by atomic mass is 9.83. The SMILES string of the molecule is C=C1CC[C@H](/C=C/CC(C)(C)CCCC)[C@H]1C/C=C\CCC(O[Si](C)(C)C(C)(C)C)(O[Si](C)(C)C(C)(C)C)C(=O)O[Si](C)(C)C(C)(C)C. The van der Waals surface area contributed by atoms with Gasteiger partial charge in [-0.1, -0.05) is 132 Å². The van der Waals surface area contributed by atoms with Gasteiger partial charge in [0.05, 0.1) is 0 Å². The number of rotatable bonds is 17. The van der Waals surface area contributed by atoms with Gasteiger partial charge >= 0.3 is 5.97 Å². The molecule has 280 valence electrons. The first kappa shape index (κ1) is 45.3. The second kappa shape index (κ2) is 16.7. The fraction of sp³-hybridized carbons (Fsp3) is 0.829. The Labute approximate surface area is 302 Å². The molecular formula is C41H80O4Si3. The average Bonchev–Trinajstić information content (AvgIpc) is 3.23. The van der Waals surface area contributed by atoms with Gasteiger partial charge in [-0.3, -0.25) is 0 Å². The smallest absolute Gasteiger partial charge is 0.351 e. The Hall–Kier alpha value is -0.739. The summed E-state index contributed by atoms with van der Waals surface area (Å²) >= 11 is 0. The van der Waals surface area contributed by atoms with Gasteiger partial charge in [0, 0.05) is 6.42 Å². The molecule has 0 heterocycles. The topological polar surface area (TPSA) is 44.8 Å². The van der Waals surface area contributed by atoms with Crippen LogP contribution < -0.4 is 0 Å². The number of allylic oxidation sites excluding steroid dienone is 5. The van der Waals surface area contributed by atoms with Gasteiger partial charge in [0.15, 0.2) is 16.6 Å². The molecule has 0 unspecified atom stereocenters. The van der Waals surface area contributed by atoms with Crippen LogP contribution in [0.1, 0.15) is 141 Å². The van der Waals surface area contributed by atoms with Gasteiger partial charge in [-0.05, 0) is 110 Å². The first-order valence-electron chi connectivity index (χ1n) is 19.1. The summed E-state index contributed by atoms with van der Waals surface area (Å²) in [7, 11) is -7.36. The van der Waals surface area contributed by atoms with Gasteiger partial charge in [0.1, 0.15) is 0 Å². The second-order valence-electron chi connectivity index (χ2n) is 20.2. The zero-order valence-corrected chi connectivity index (χ0v) is 38.2. The molecule has 0 N–H and O–H groups in total. The zero-order valence-electron chi connectivity index (χ0n) is 35.2. The first-order valence-corrected chi connectivity index (χ1v) is 27.8. The molecule has 0 amide bonds. The molecule has 0 aromatic carbocycles. The number of hydrogen-bond donors (Lipinski definition) is 0. The van der Waals surface area contributed by atoms with Crippen molar-refractivity contribution in [1.29, 1.82) is 0 Å². The predicted octanol–water partition coefficient (Wildman–Crippen LogP) is 13.7. The van der Waals surface area contributed by atoms with E-state index in [4.69, 9.17) is 13.3 Å². The molecule has 0 radical (unpaired) electrons. The summed E-state index contributed by atoms with van der Waals surface area (Å²) < 4.78 is 21.0. The van der Waals surface area contributed by atoms with Gasteiger partial charge in [-0.2, -0.15) is 0 Å². The second-order valence-corrected chi connectivity index (χ2v) is 34.4. The van der Waals surface area contributed by atoms with Gasteiger partial charge in [-0.25, -0.2) is 4.79 Å². The Morgan fingerprint density at radius 3 is 1.73 bits per heavy atom. The van der Waals surface area contributed by atoms with E-state index in [2.05, 4.69) is 153 Å². The standard InChI is InChI=1S/C41H80O4Si3/c1-20-21-30-40(12,13)31-25-26-34-29-28-33(2)35(34)27-23-22-24-32-41(44-47(16,17)38(6,7)8,45-48(18,19)39(9,10)11)36(42)43-46(14,15)37(3,4)5/h22-23,25-26,34-35H,2,20-21,24,27-32H2,1,3-19H3/b23-22-,26-25+/t34-,35-/m0/s1.